The standard InChI is InChI=1S/C19H15NO2/c21-19(22-16-11-5-2-6-12-16)20-18-14-8-7-13-17(18)15-9-3-1-4-10-15/h1-14H,(H,20,21). The van der Waals surface area contributed by atoms with Gasteiger partial charge in [0.25, 0.3) is 0 Å². The Balaban J connectivity index is 1.80. The van der Waals surface area contributed by atoms with Crippen molar-refractivity contribution in [3.05, 3.63) is 84.9 Å². The number of carbonyl (C=O) groups excluding carboxylic acids is 1. The van der Waals surface area contributed by atoms with Gasteiger partial charge in [-0.3, -0.25) is 5.32 Å². The zero-order valence-corrected chi connectivity index (χ0v) is 11.9. The maximum atomic E-state index is 12.0. The first kappa shape index (κ1) is 13.9. The third-order valence-electron chi connectivity index (χ3n) is 3.20. The van der Waals surface area contributed by atoms with E-state index in [0.29, 0.717) is 5.75 Å². The average molecular weight is 289 g/mol. The SMILES string of the molecule is O=C(Nc1ccccc1-c1ccccc1)Oc1ccccc1. The van der Waals surface area contributed by atoms with Crippen LogP contribution in [-0.2, 0) is 0 Å². The van der Waals surface area contributed by atoms with Crippen LogP contribution in [0.25, 0.3) is 11.1 Å². The molecule has 1 amide bonds. The summed E-state index contributed by atoms with van der Waals surface area (Å²) in [4.78, 5) is 12.0. The fourth-order valence-corrected chi connectivity index (χ4v) is 2.19. The summed E-state index contributed by atoms with van der Waals surface area (Å²) in [6.45, 7) is 0. The van der Waals surface area contributed by atoms with Crippen molar-refractivity contribution in [1.82, 2.24) is 0 Å². The average Bonchev–Trinajstić information content (AvgIpc) is 2.57. The van der Waals surface area contributed by atoms with Gasteiger partial charge >= 0.3 is 6.09 Å². The highest BCUT2D eigenvalue weighted by Gasteiger charge is 2.09. The molecule has 0 saturated heterocycles. The third kappa shape index (κ3) is 3.33. The van der Waals surface area contributed by atoms with Crippen molar-refractivity contribution in [3.63, 3.8) is 0 Å². The Morgan fingerprint density at radius 2 is 1.32 bits per heavy atom. The monoisotopic (exact) mass is 289 g/mol. The predicted octanol–water partition coefficient (Wildman–Crippen LogP) is 4.96. The molecular weight excluding hydrogens is 274 g/mol. The second kappa shape index (κ2) is 6.59. The minimum Gasteiger partial charge on any atom is -0.410 e. The Morgan fingerprint density at radius 1 is 0.727 bits per heavy atom. The molecule has 0 spiro atoms. The molecule has 1 N–H and O–H groups in total. The Labute approximate surface area is 129 Å². The lowest BCUT2D eigenvalue weighted by atomic mass is 10.0. The topological polar surface area (TPSA) is 38.3 Å². The molecule has 22 heavy (non-hydrogen) atoms. The van der Waals surface area contributed by atoms with Crippen molar-refractivity contribution in [2.45, 2.75) is 0 Å². The molecule has 0 saturated carbocycles. The zero-order chi connectivity index (χ0) is 15.2. The molecule has 0 radical (unpaired) electrons. The second-order valence-electron chi connectivity index (χ2n) is 4.74. The predicted molar refractivity (Wildman–Crippen MR) is 88.0 cm³/mol. The lowest BCUT2D eigenvalue weighted by molar-refractivity contribution is 0.215. The molecule has 3 heteroatoms. The van der Waals surface area contributed by atoms with Gasteiger partial charge in [0.1, 0.15) is 5.75 Å². The summed E-state index contributed by atoms with van der Waals surface area (Å²) < 4.78 is 5.26. The molecule has 0 aliphatic rings. The van der Waals surface area contributed by atoms with E-state index < -0.39 is 6.09 Å². The van der Waals surface area contributed by atoms with Gasteiger partial charge in [-0.15, -0.1) is 0 Å². The van der Waals surface area contributed by atoms with E-state index >= 15 is 0 Å². The van der Waals surface area contributed by atoms with E-state index in [2.05, 4.69) is 5.32 Å². The van der Waals surface area contributed by atoms with E-state index in [0.717, 1.165) is 16.8 Å². The fraction of sp³-hybridized carbons (Fsp3) is 0. The summed E-state index contributed by atoms with van der Waals surface area (Å²) in [7, 11) is 0. The van der Waals surface area contributed by atoms with E-state index in [9.17, 15) is 4.79 Å². The number of hydrogen-bond acceptors (Lipinski definition) is 2. The van der Waals surface area contributed by atoms with Crippen LogP contribution in [0.1, 0.15) is 0 Å². The van der Waals surface area contributed by atoms with E-state index in [1.54, 1.807) is 12.1 Å². The lowest BCUT2D eigenvalue weighted by Crippen LogP contribution is -2.17. The number of rotatable bonds is 3. The maximum absolute atomic E-state index is 12.0. The summed E-state index contributed by atoms with van der Waals surface area (Å²) in [6.07, 6.45) is -0.505. The third-order valence-corrected chi connectivity index (χ3v) is 3.20. The second-order valence-corrected chi connectivity index (χ2v) is 4.74. The Bertz CT molecular complexity index is 755. The van der Waals surface area contributed by atoms with Gasteiger partial charge in [-0.05, 0) is 23.8 Å². The van der Waals surface area contributed by atoms with E-state index in [4.69, 9.17) is 4.74 Å². The van der Waals surface area contributed by atoms with Gasteiger partial charge in [0.05, 0.1) is 5.69 Å². The van der Waals surface area contributed by atoms with Crippen molar-refractivity contribution >= 4 is 11.8 Å². The minimum atomic E-state index is -0.505. The van der Waals surface area contributed by atoms with Crippen LogP contribution in [0.2, 0.25) is 0 Å². The van der Waals surface area contributed by atoms with Crippen LogP contribution in [0, 0.1) is 0 Å². The Morgan fingerprint density at radius 3 is 2.05 bits per heavy atom. The van der Waals surface area contributed by atoms with Crippen molar-refractivity contribution in [2.75, 3.05) is 5.32 Å². The van der Waals surface area contributed by atoms with Gasteiger partial charge in [0, 0.05) is 5.56 Å². The molecule has 3 nitrogen and oxygen atoms in total. The van der Waals surface area contributed by atoms with Crippen LogP contribution in [0.15, 0.2) is 84.9 Å². The van der Waals surface area contributed by atoms with Gasteiger partial charge in [-0.2, -0.15) is 0 Å². The van der Waals surface area contributed by atoms with Gasteiger partial charge < -0.3 is 4.74 Å². The van der Waals surface area contributed by atoms with Crippen molar-refractivity contribution in [1.29, 1.82) is 0 Å². The first-order chi connectivity index (χ1) is 10.8. The first-order valence-electron chi connectivity index (χ1n) is 7.01. The van der Waals surface area contributed by atoms with Crippen LogP contribution < -0.4 is 10.1 Å². The van der Waals surface area contributed by atoms with E-state index in [-0.39, 0.29) is 0 Å². The molecule has 0 fully saturated rings. The van der Waals surface area contributed by atoms with Gasteiger partial charge in [-0.1, -0.05) is 66.7 Å². The van der Waals surface area contributed by atoms with Crippen molar-refractivity contribution in [3.8, 4) is 16.9 Å². The van der Waals surface area contributed by atoms with Crippen molar-refractivity contribution < 1.29 is 9.53 Å². The number of para-hydroxylation sites is 2. The lowest BCUT2D eigenvalue weighted by Gasteiger charge is -2.11. The van der Waals surface area contributed by atoms with Crippen LogP contribution in [-0.4, -0.2) is 6.09 Å². The van der Waals surface area contributed by atoms with E-state index in [1.807, 2.05) is 72.8 Å². The largest absolute Gasteiger partial charge is 0.417 e. The number of nitrogens with one attached hydrogen (secondary N) is 1. The molecule has 0 bridgehead atoms. The van der Waals surface area contributed by atoms with Gasteiger partial charge in [0.2, 0.25) is 0 Å². The highest BCUT2D eigenvalue weighted by molar-refractivity contribution is 5.92. The smallest absolute Gasteiger partial charge is 0.410 e. The summed E-state index contributed by atoms with van der Waals surface area (Å²) in [5.74, 6) is 0.511. The molecule has 0 aromatic heterocycles. The number of hydrogen-bond donors (Lipinski definition) is 1. The molecule has 0 unspecified atom stereocenters. The molecule has 0 atom stereocenters. The molecule has 3 rings (SSSR count). The Kier molecular flexibility index (Phi) is 4.16. The number of amides is 1. The molecule has 0 heterocycles. The normalized spacial score (nSPS) is 10.0. The molecule has 0 aliphatic heterocycles. The number of benzene rings is 3. The van der Waals surface area contributed by atoms with Crippen molar-refractivity contribution in [2.24, 2.45) is 0 Å². The summed E-state index contributed by atoms with van der Waals surface area (Å²) >= 11 is 0. The summed E-state index contributed by atoms with van der Waals surface area (Å²) in [5.41, 5.74) is 2.71. The number of ether oxygens (including phenoxy) is 1. The Hall–Kier alpha value is -3.07. The summed E-state index contributed by atoms with van der Waals surface area (Å²) in [5, 5.41) is 2.80. The molecular formula is C19H15NO2. The minimum absolute atomic E-state index is 0.505. The van der Waals surface area contributed by atoms with Crippen LogP contribution in [0.3, 0.4) is 0 Å². The van der Waals surface area contributed by atoms with E-state index in [1.165, 1.54) is 0 Å². The number of anilines is 1. The van der Waals surface area contributed by atoms with Crippen LogP contribution in [0.4, 0.5) is 10.5 Å². The highest BCUT2D eigenvalue weighted by atomic mass is 16.6. The quantitative estimate of drug-likeness (QED) is 0.739. The van der Waals surface area contributed by atoms with Gasteiger partial charge in [0.15, 0.2) is 0 Å². The molecule has 3 aromatic rings. The zero-order valence-electron chi connectivity index (χ0n) is 11.9. The fourth-order valence-electron chi connectivity index (χ4n) is 2.19. The van der Waals surface area contributed by atoms with Crippen LogP contribution >= 0.6 is 0 Å². The number of carbonyl (C=O) groups is 1. The first-order valence-corrected chi connectivity index (χ1v) is 7.01. The highest BCUT2D eigenvalue weighted by Crippen LogP contribution is 2.27. The molecule has 3 aromatic carbocycles. The molecule has 0 aliphatic carbocycles. The van der Waals surface area contributed by atoms with Crippen LogP contribution in [0.5, 0.6) is 5.75 Å². The molecule has 108 valence electrons. The summed E-state index contributed by atoms with van der Waals surface area (Å²) in [6, 6.07) is 26.5. The maximum Gasteiger partial charge on any atom is 0.417 e. The van der Waals surface area contributed by atoms with Gasteiger partial charge in [-0.25, -0.2) is 4.79 Å².